The molecule has 2 aromatic rings. The van der Waals surface area contributed by atoms with Crippen LogP contribution in [-0.4, -0.2) is 23.3 Å². The summed E-state index contributed by atoms with van der Waals surface area (Å²) in [5.41, 5.74) is 1.67. The third kappa shape index (κ3) is 3.00. The first kappa shape index (κ1) is 14.9. The highest BCUT2D eigenvalue weighted by molar-refractivity contribution is 14.1. The van der Waals surface area contributed by atoms with Crippen LogP contribution < -0.4 is 0 Å². The Morgan fingerprint density at radius 3 is 2.89 bits per heavy atom. The van der Waals surface area contributed by atoms with Crippen LogP contribution in [0.5, 0.6) is 0 Å². The van der Waals surface area contributed by atoms with E-state index in [1.54, 1.807) is 19.2 Å². The number of hydrogen-bond donors (Lipinski definition) is 1. The first-order valence-corrected chi connectivity index (χ1v) is 7.65. The summed E-state index contributed by atoms with van der Waals surface area (Å²) in [5.74, 6) is -0.219. The van der Waals surface area contributed by atoms with Gasteiger partial charge >= 0.3 is 0 Å². The lowest BCUT2D eigenvalue weighted by molar-refractivity contribution is 0.151. The van der Waals surface area contributed by atoms with Gasteiger partial charge in [-0.05, 0) is 47.3 Å². The predicted octanol–water partition coefficient (Wildman–Crippen LogP) is 4.43. The molecule has 3 nitrogen and oxygen atoms in total. The van der Waals surface area contributed by atoms with E-state index in [0.29, 0.717) is 14.9 Å². The van der Waals surface area contributed by atoms with E-state index in [0.717, 1.165) is 23.9 Å². The summed E-state index contributed by atoms with van der Waals surface area (Å²) in [6.07, 6.45) is 1.97. The molecule has 0 fully saturated rings. The quantitative estimate of drug-likeness (QED) is 0.601. The summed E-state index contributed by atoms with van der Waals surface area (Å²) >= 11 is 7.35. The smallest absolute Gasteiger partial charge is 0.178 e. The Bertz CT molecular complexity index is 631. The van der Waals surface area contributed by atoms with Gasteiger partial charge in [-0.2, -0.15) is 0 Å². The minimum absolute atomic E-state index is 0.135. The molecule has 0 bridgehead atoms. The van der Waals surface area contributed by atoms with Gasteiger partial charge in [0, 0.05) is 13.2 Å². The van der Waals surface area contributed by atoms with Crippen molar-refractivity contribution in [3.8, 4) is 0 Å². The lowest BCUT2D eigenvalue weighted by atomic mass is 10.1. The second-order valence-electron chi connectivity index (χ2n) is 4.48. The fraction of sp³-hybridized carbons (Fsp3) is 0.462. The Hall–Kier alpha value is -0.470. The van der Waals surface area contributed by atoms with E-state index < -0.39 is 0 Å². The normalized spacial score (nSPS) is 13.1. The largest absolute Gasteiger partial charge is 0.383 e. The summed E-state index contributed by atoms with van der Waals surface area (Å²) < 4.78 is 22.2. The van der Waals surface area contributed by atoms with E-state index in [-0.39, 0.29) is 11.9 Å². The molecule has 0 aliphatic carbocycles. The molecule has 1 aromatic carbocycles. The molecule has 0 saturated heterocycles. The Kier molecular flexibility index (Phi) is 4.97. The number of ether oxygens (including phenoxy) is 1. The van der Waals surface area contributed by atoms with E-state index in [2.05, 4.69) is 11.9 Å². The number of methoxy groups -OCH3 is 1. The summed E-state index contributed by atoms with van der Waals surface area (Å²) in [6.45, 7) is 2.69. The topological polar surface area (TPSA) is 29.9 Å². The number of H-pyrrole nitrogens is 1. The van der Waals surface area contributed by atoms with Crippen molar-refractivity contribution in [3.63, 3.8) is 0 Å². The Balaban J connectivity index is 2.60. The number of hydrogen-bond acceptors (Lipinski definition) is 2. The van der Waals surface area contributed by atoms with Gasteiger partial charge in [0.05, 0.1) is 27.3 Å². The molecule has 1 atom stereocenters. The van der Waals surface area contributed by atoms with Crippen LogP contribution in [0.25, 0.3) is 11.0 Å². The maximum Gasteiger partial charge on any atom is 0.178 e. The second-order valence-corrected chi connectivity index (χ2v) is 6.03. The van der Waals surface area contributed by atoms with Crippen LogP contribution in [0.15, 0.2) is 12.1 Å². The van der Waals surface area contributed by atoms with Crippen molar-refractivity contribution in [2.24, 2.45) is 0 Å². The van der Waals surface area contributed by atoms with Crippen LogP contribution in [0.4, 0.5) is 4.39 Å². The molecule has 0 aliphatic rings. The van der Waals surface area contributed by atoms with E-state index in [9.17, 15) is 4.39 Å². The molecule has 1 unspecified atom stereocenters. The summed E-state index contributed by atoms with van der Waals surface area (Å²) in [5, 5.41) is 0. The maximum absolute atomic E-state index is 13.8. The zero-order valence-electron chi connectivity index (χ0n) is 10.9. The van der Waals surface area contributed by atoms with Gasteiger partial charge in [0.1, 0.15) is 5.82 Å². The Morgan fingerprint density at radius 1 is 1.53 bits per heavy atom. The number of nitrogens with one attached hydrogen (secondary N) is 1. The average molecular weight is 394 g/mol. The highest BCUT2D eigenvalue weighted by atomic mass is 127. The number of imidazole rings is 1. The monoisotopic (exact) mass is 394 g/mol. The fourth-order valence-electron chi connectivity index (χ4n) is 2.30. The number of benzene rings is 1. The zero-order chi connectivity index (χ0) is 14.0. The summed E-state index contributed by atoms with van der Waals surface area (Å²) in [4.78, 5) is 3.14. The molecule has 1 heterocycles. The number of halogens is 2. The van der Waals surface area contributed by atoms with Gasteiger partial charge in [-0.15, -0.1) is 0 Å². The van der Waals surface area contributed by atoms with E-state index in [1.165, 1.54) is 0 Å². The zero-order valence-corrected chi connectivity index (χ0v) is 13.8. The van der Waals surface area contributed by atoms with Crippen molar-refractivity contribution >= 4 is 45.8 Å². The number of fused-ring (bicyclic) bond motifs is 1. The van der Waals surface area contributed by atoms with Crippen LogP contribution in [0, 0.1) is 14.2 Å². The third-order valence-corrected chi connectivity index (χ3v) is 4.23. The molecular weight excluding hydrogens is 378 g/mol. The molecule has 0 amide bonds. The molecule has 2 rings (SSSR count). The fourth-order valence-corrected chi connectivity index (χ4v) is 3.12. The average Bonchev–Trinajstić information content (AvgIpc) is 2.65. The molecule has 19 heavy (non-hydrogen) atoms. The number of aromatic nitrogens is 2. The van der Waals surface area contributed by atoms with E-state index in [4.69, 9.17) is 17.0 Å². The molecule has 1 aromatic heterocycles. The van der Waals surface area contributed by atoms with E-state index in [1.807, 2.05) is 27.2 Å². The van der Waals surface area contributed by atoms with Gasteiger partial charge in [-0.25, -0.2) is 4.39 Å². The van der Waals surface area contributed by atoms with Gasteiger partial charge in [0.2, 0.25) is 0 Å². The number of rotatable bonds is 5. The lowest BCUT2D eigenvalue weighted by Gasteiger charge is -2.18. The van der Waals surface area contributed by atoms with Gasteiger partial charge < -0.3 is 14.3 Å². The van der Waals surface area contributed by atoms with Crippen molar-refractivity contribution in [1.82, 2.24) is 9.55 Å². The predicted molar refractivity (Wildman–Crippen MR) is 85.6 cm³/mol. The first-order valence-electron chi connectivity index (χ1n) is 6.16. The van der Waals surface area contributed by atoms with Crippen LogP contribution in [0.3, 0.4) is 0 Å². The second kappa shape index (κ2) is 6.32. The van der Waals surface area contributed by atoms with Crippen molar-refractivity contribution in [1.29, 1.82) is 0 Å². The number of aromatic amines is 1. The van der Waals surface area contributed by atoms with Crippen molar-refractivity contribution < 1.29 is 9.13 Å². The minimum Gasteiger partial charge on any atom is -0.383 e. The molecule has 1 N–H and O–H groups in total. The van der Waals surface area contributed by atoms with Crippen LogP contribution >= 0.6 is 34.8 Å². The van der Waals surface area contributed by atoms with Crippen molar-refractivity contribution in [2.75, 3.05) is 13.7 Å². The molecule has 6 heteroatoms. The van der Waals surface area contributed by atoms with Gasteiger partial charge in [-0.3, -0.25) is 0 Å². The SMILES string of the molecule is CCCC(COC)n1c(=S)[nH]c2cc(I)c(F)cc21. The molecule has 0 aliphatic heterocycles. The standard InChI is InChI=1S/C13H16FIN2OS/c1-3-4-8(7-18-2)17-12-5-9(14)10(15)6-11(12)16-13(17)19/h5-6,8H,3-4,7H2,1-2H3,(H,16,19). The third-order valence-electron chi connectivity index (χ3n) is 3.10. The molecule has 0 saturated carbocycles. The summed E-state index contributed by atoms with van der Waals surface area (Å²) in [7, 11) is 1.67. The lowest BCUT2D eigenvalue weighted by Crippen LogP contribution is -2.14. The van der Waals surface area contributed by atoms with Gasteiger partial charge in [0.15, 0.2) is 4.77 Å². The van der Waals surface area contributed by atoms with E-state index >= 15 is 0 Å². The first-order chi connectivity index (χ1) is 9.08. The molecular formula is C13H16FIN2OS. The Morgan fingerprint density at radius 2 is 2.26 bits per heavy atom. The molecule has 0 radical (unpaired) electrons. The van der Waals surface area contributed by atoms with Crippen LogP contribution in [0.1, 0.15) is 25.8 Å². The van der Waals surface area contributed by atoms with Crippen molar-refractivity contribution in [2.45, 2.75) is 25.8 Å². The highest BCUT2D eigenvalue weighted by Gasteiger charge is 2.16. The van der Waals surface area contributed by atoms with Crippen LogP contribution in [0.2, 0.25) is 0 Å². The van der Waals surface area contributed by atoms with Gasteiger partial charge in [0.25, 0.3) is 0 Å². The summed E-state index contributed by atoms with van der Waals surface area (Å²) in [6, 6.07) is 3.46. The highest BCUT2D eigenvalue weighted by Crippen LogP contribution is 2.25. The van der Waals surface area contributed by atoms with Crippen LogP contribution in [-0.2, 0) is 4.74 Å². The Labute approximate surface area is 130 Å². The number of nitrogens with zero attached hydrogens (tertiary/aromatic N) is 1. The minimum atomic E-state index is -0.219. The maximum atomic E-state index is 13.8. The molecule has 104 valence electrons. The van der Waals surface area contributed by atoms with Gasteiger partial charge in [-0.1, -0.05) is 13.3 Å². The molecule has 0 spiro atoms. The van der Waals surface area contributed by atoms with Crippen molar-refractivity contribution in [3.05, 3.63) is 26.3 Å².